The monoisotopic (exact) mass is 458 g/mol. The number of anilines is 1. The molecule has 3 rings (SSSR count). The van der Waals surface area contributed by atoms with Crippen LogP contribution in [0.2, 0.25) is 0 Å². The molecule has 1 aromatic carbocycles. The molecule has 0 unspecified atom stereocenters. The summed E-state index contributed by atoms with van der Waals surface area (Å²) >= 11 is 0. The molecule has 33 heavy (non-hydrogen) atoms. The maximum atomic E-state index is 13.0. The van der Waals surface area contributed by atoms with Gasteiger partial charge in [0.25, 0.3) is 0 Å². The zero-order valence-electron chi connectivity index (χ0n) is 19.7. The predicted octanol–water partition coefficient (Wildman–Crippen LogP) is 4.28. The third kappa shape index (κ3) is 6.64. The number of benzene rings is 1. The quantitative estimate of drug-likeness (QED) is 0.720. The molecule has 0 radical (unpaired) electrons. The van der Waals surface area contributed by atoms with Crippen LogP contribution >= 0.6 is 0 Å². The van der Waals surface area contributed by atoms with Gasteiger partial charge in [0.1, 0.15) is 28.7 Å². The predicted molar refractivity (Wildman–Crippen MR) is 123 cm³/mol. The van der Waals surface area contributed by atoms with E-state index in [1.807, 2.05) is 39.5 Å². The van der Waals surface area contributed by atoms with Gasteiger partial charge in [-0.2, -0.15) is 0 Å². The van der Waals surface area contributed by atoms with Crippen LogP contribution in [0.25, 0.3) is 0 Å². The molecule has 1 aliphatic heterocycles. The Morgan fingerprint density at radius 1 is 0.939 bits per heavy atom. The Labute approximate surface area is 193 Å². The molecular weight excluding hydrogens is 427 g/mol. The van der Waals surface area contributed by atoms with Crippen molar-refractivity contribution >= 4 is 17.8 Å². The largest absolute Gasteiger partial charge is 0.456 e. The van der Waals surface area contributed by atoms with Gasteiger partial charge in [-0.05, 0) is 71.0 Å². The van der Waals surface area contributed by atoms with Crippen molar-refractivity contribution in [2.24, 2.45) is 0 Å². The Balaban J connectivity index is 1.54. The lowest BCUT2D eigenvalue weighted by Gasteiger charge is -2.42. The van der Waals surface area contributed by atoms with Crippen molar-refractivity contribution in [1.29, 1.82) is 0 Å². The molecule has 2 amide bonds. The van der Waals surface area contributed by atoms with E-state index in [1.165, 1.54) is 30.5 Å². The smallest absolute Gasteiger partial charge is 0.410 e. The number of amides is 2. The summed E-state index contributed by atoms with van der Waals surface area (Å²) in [4.78, 5) is 33.2. The van der Waals surface area contributed by atoms with Gasteiger partial charge < -0.3 is 19.7 Å². The number of pyridine rings is 1. The van der Waals surface area contributed by atoms with E-state index in [-0.39, 0.29) is 17.8 Å². The lowest BCUT2D eigenvalue weighted by Crippen LogP contribution is -2.60. The zero-order chi connectivity index (χ0) is 24.2. The van der Waals surface area contributed by atoms with Crippen LogP contribution in [-0.2, 0) is 9.53 Å². The summed E-state index contributed by atoms with van der Waals surface area (Å²) in [5, 5.41) is 2.84. The van der Waals surface area contributed by atoms with Gasteiger partial charge in [-0.15, -0.1) is 0 Å². The second-order valence-electron chi connectivity index (χ2n) is 9.40. The number of nitrogens with zero attached hydrogens (tertiary/aromatic N) is 3. The minimum atomic E-state index is -0.801. The summed E-state index contributed by atoms with van der Waals surface area (Å²) in [5.41, 5.74) is -1.34. The van der Waals surface area contributed by atoms with Crippen LogP contribution in [-0.4, -0.2) is 64.1 Å². The summed E-state index contributed by atoms with van der Waals surface area (Å²) in [5.74, 6) is 0.811. The van der Waals surface area contributed by atoms with E-state index in [0.29, 0.717) is 43.5 Å². The van der Waals surface area contributed by atoms with E-state index >= 15 is 0 Å². The number of piperazine rings is 1. The van der Waals surface area contributed by atoms with Crippen LogP contribution in [0.1, 0.15) is 34.6 Å². The molecular formula is C24H31FN4O4. The highest BCUT2D eigenvalue weighted by atomic mass is 19.1. The van der Waals surface area contributed by atoms with Crippen LogP contribution < -0.4 is 10.1 Å². The van der Waals surface area contributed by atoms with E-state index in [4.69, 9.17) is 9.47 Å². The van der Waals surface area contributed by atoms with Gasteiger partial charge in [0.15, 0.2) is 0 Å². The van der Waals surface area contributed by atoms with Crippen LogP contribution in [0, 0.1) is 5.82 Å². The topological polar surface area (TPSA) is 84.0 Å². The molecule has 2 aromatic rings. The van der Waals surface area contributed by atoms with E-state index in [2.05, 4.69) is 10.3 Å². The normalized spacial score (nSPS) is 15.2. The van der Waals surface area contributed by atoms with Crippen LogP contribution in [0.4, 0.5) is 15.0 Å². The molecule has 0 saturated carbocycles. The number of ether oxygens (including phenoxy) is 2. The van der Waals surface area contributed by atoms with Gasteiger partial charge in [0, 0.05) is 26.2 Å². The molecule has 1 fully saturated rings. The van der Waals surface area contributed by atoms with Gasteiger partial charge in [-0.3, -0.25) is 9.69 Å². The first-order chi connectivity index (χ1) is 15.4. The van der Waals surface area contributed by atoms with E-state index in [0.717, 1.165) is 0 Å². The number of halogens is 1. The zero-order valence-corrected chi connectivity index (χ0v) is 19.7. The second kappa shape index (κ2) is 9.74. The first-order valence-electron chi connectivity index (χ1n) is 10.9. The summed E-state index contributed by atoms with van der Waals surface area (Å²) in [6, 6.07) is 9.00. The van der Waals surface area contributed by atoms with Gasteiger partial charge in [0.05, 0.1) is 11.7 Å². The number of hydrogen-bond acceptors (Lipinski definition) is 6. The average Bonchev–Trinajstić information content (AvgIpc) is 2.75. The molecule has 8 nitrogen and oxygen atoms in total. The van der Waals surface area contributed by atoms with Gasteiger partial charge in [-0.1, -0.05) is 0 Å². The SMILES string of the molecule is CC(C)(C)OC(=O)N1CCN(C(C)(C)C(=O)Nc2ccc(Oc3ccc(F)cc3)cn2)CC1. The van der Waals surface area contributed by atoms with Crippen molar-refractivity contribution in [2.75, 3.05) is 31.5 Å². The minimum Gasteiger partial charge on any atom is -0.456 e. The fourth-order valence-corrected chi connectivity index (χ4v) is 3.34. The fraction of sp³-hybridized carbons (Fsp3) is 0.458. The number of aromatic nitrogens is 1. The van der Waals surface area contributed by atoms with Crippen molar-refractivity contribution in [3.05, 3.63) is 48.4 Å². The molecule has 1 N–H and O–H groups in total. The standard InChI is InChI=1S/C24H31FN4O4/c1-23(2,3)33-22(31)28-12-14-29(15-13-28)24(4,5)21(30)27-20-11-10-19(16-26-20)32-18-8-6-17(25)7-9-18/h6-11,16H,12-15H2,1-5H3,(H,26,27,30). The third-order valence-corrected chi connectivity index (χ3v) is 5.30. The number of carbonyl (C=O) groups excluding carboxylic acids is 2. The highest BCUT2D eigenvalue weighted by Crippen LogP contribution is 2.23. The Morgan fingerprint density at radius 3 is 2.09 bits per heavy atom. The molecule has 9 heteroatoms. The first-order valence-corrected chi connectivity index (χ1v) is 10.9. The molecule has 1 aliphatic rings. The van der Waals surface area contributed by atoms with Gasteiger partial charge in [-0.25, -0.2) is 14.2 Å². The van der Waals surface area contributed by atoms with Crippen LogP contribution in [0.15, 0.2) is 42.6 Å². The Morgan fingerprint density at radius 2 is 1.55 bits per heavy atom. The highest BCUT2D eigenvalue weighted by Gasteiger charge is 2.38. The third-order valence-electron chi connectivity index (χ3n) is 5.30. The van der Waals surface area contributed by atoms with Crippen molar-refractivity contribution in [3.63, 3.8) is 0 Å². The van der Waals surface area contributed by atoms with Gasteiger partial charge >= 0.3 is 6.09 Å². The Hall–Kier alpha value is -3.20. The summed E-state index contributed by atoms with van der Waals surface area (Å²) in [6.07, 6.45) is 1.16. The molecule has 1 saturated heterocycles. The number of hydrogen-bond donors (Lipinski definition) is 1. The van der Waals surface area contributed by atoms with Crippen molar-refractivity contribution in [3.8, 4) is 11.5 Å². The van der Waals surface area contributed by atoms with Crippen LogP contribution in [0.3, 0.4) is 0 Å². The molecule has 178 valence electrons. The maximum absolute atomic E-state index is 13.0. The van der Waals surface area contributed by atoms with Crippen molar-refractivity contribution in [2.45, 2.75) is 45.8 Å². The number of carbonyl (C=O) groups is 2. The van der Waals surface area contributed by atoms with Crippen LogP contribution in [0.5, 0.6) is 11.5 Å². The van der Waals surface area contributed by atoms with E-state index in [9.17, 15) is 14.0 Å². The number of rotatable bonds is 5. The summed E-state index contributed by atoms with van der Waals surface area (Å²) in [7, 11) is 0. The molecule has 1 aromatic heterocycles. The lowest BCUT2D eigenvalue weighted by atomic mass is 10.0. The maximum Gasteiger partial charge on any atom is 0.410 e. The second-order valence-corrected chi connectivity index (χ2v) is 9.40. The Kier molecular flexibility index (Phi) is 7.22. The lowest BCUT2D eigenvalue weighted by molar-refractivity contribution is -0.127. The van der Waals surface area contributed by atoms with E-state index < -0.39 is 11.1 Å². The highest BCUT2D eigenvalue weighted by molar-refractivity contribution is 5.96. The van der Waals surface area contributed by atoms with Gasteiger partial charge in [0.2, 0.25) is 5.91 Å². The number of nitrogens with one attached hydrogen (secondary N) is 1. The summed E-state index contributed by atoms with van der Waals surface area (Å²) < 4.78 is 24.1. The summed E-state index contributed by atoms with van der Waals surface area (Å²) in [6.45, 7) is 11.3. The molecule has 0 bridgehead atoms. The molecule has 2 heterocycles. The van der Waals surface area contributed by atoms with Crippen molar-refractivity contribution in [1.82, 2.24) is 14.8 Å². The first kappa shape index (κ1) is 24.4. The fourth-order valence-electron chi connectivity index (χ4n) is 3.34. The molecule has 0 atom stereocenters. The van der Waals surface area contributed by atoms with E-state index in [1.54, 1.807) is 17.0 Å². The average molecular weight is 459 g/mol. The van der Waals surface area contributed by atoms with Crippen molar-refractivity contribution < 1.29 is 23.5 Å². The molecule has 0 aliphatic carbocycles. The minimum absolute atomic E-state index is 0.201. The molecule has 0 spiro atoms. The Bertz CT molecular complexity index is 963.